The van der Waals surface area contributed by atoms with E-state index in [1.54, 1.807) is 24.3 Å². The van der Waals surface area contributed by atoms with Crippen molar-refractivity contribution in [2.75, 3.05) is 12.9 Å². The fourth-order valence-corrected chi connectivity index (χ4v) is 0.767. The molecule has 0 aromatic heterocycles. The van der Waals surface area contributed by atoms with Gasteiger partial charge in [0.15, 0.2) is 0 Å². The Morgan fingerprint density at radius 3 is 2.07 bits per heavy atom. The van der Waals surface area contributed by atoms with E-state index in [4.69, 9.17) is 9.66 Å². The summed E-state index contributed by atoms with van der Waals surface area (Å²) in [6.45, 7) is -0.440. The molecule has 0 heterocycles. The molecule has 4 nitrogen and oxygen atoms in total. The van der Waals surface area contributed by atoms with Gasteiger partial charge in [0.1, 0.15) is 6.17 Å². The number of aliphatic hydroxyl groups excluding tert-OH is 1. The lowest BCUT2D eigenvalue weighted by Gasteiger charge is -2.02. The standard InChI is InChI=1S/C8H9FO.CH4O3S/c9-8(6-10)7-4-2-1-3-5-7;1-5(2,3)4/h1-5,8,10H,6H2;1H3,(H,2,3,4). The van der Waals surface area contributed by atoms with E-state index < -0.39 is 22.9 Å². The molecule has 6 heteroatoms. The van der Waals surface area contributed by atoms with E-state index in [0.29, 0.717) is 11.8 Å². The monoisotopic (exact) mass is 236 g/mol. The average molecular weight is 236 g/mol. The molecule has 0 aliphatic carbocycles. The van der Waals surface area contributed by atoms with Crippen LogP contribution in [0.4, 0.5) is 4.39 Å². The summed E-state index contributed by atoms with van der Waals surface area (Å²) in [6.07, 6.45) is -0.520. The number of benzene rings is 1. The molecule has 0 fully saturated rings. The van der Waals surface area contributed by atoms with Gasteiger partial charge in [-0.25, -0.2) is 4.39 Å². The number of hydrogen-bond donors (Lipinski definition) is 2. The first-order valence-corrected chi connectivity index (χ1v) is 5.91. The third kappa shape index (κ3) is 9.33. The summed E-state index contributed by atoms with van der Waals surface area (Å²) < 4.78 is 38.5. The van der Waals surface area contributed by atoms with E-state index >= 15 is 0 Å². The van der Waals surface area contributed by atoms with Crippen LogP contribution in [0.1, 0.15) is 11.7 Å². The van der Waals surface area contributed by atoms with E-state index in [1.165, 1.54) is 0 Å². The van der Waals surface area contributed by atoms with E-state index in [1.807, 2.05) is 6.07 Å². The second-order valence-electron chi connectivity index (χ2n) is 2.79. The molecule has 0 spiro atoms. The van der Waals surface area contributed by atoms with Crippen LogP contribution in [-0.2, 0) is 10.1 Å². The average Bonchev–Trinajstić information content (AvgIpc) is 2.15. The molecule has 2 N–H and O–H groups in total. The van der Waals surface area contributed by atoms with Crippen molar-refractivity contribution in [2.24, 2.45) is 0 Å². The number of aliphatic hydroxyl groups is 1. The minimum atomic E-state index is -3.67. The normalized spacial score (nSPS) is 12.5. The second kappa shape index (κ2) is 6.49. The van der Waals surface area contributed by atoms with Gasteiger partial charge in [-0.05, 0) is 5.56 Å². The topological polar surface area (TPSA) is 74.6 Å². The molecule has 0 saturated heterocycles. The van der Waals surface area contributed by atoms with Gasteiger partial charge in [-0.1, -0.05) is 30.3 Å². The predicted octanol–water partition coefficient (Wildman–Crippen LogP) is 1.19. The highest BCUT2D eigenvalue weighted by Crippen LogP contribution is 2.14. The molecular formula is C9H13FO4S. The summed E-state index contributed by atoms with van der Waals surface area (Å²) in [5.41, 5.74) is 0.532. The summed E-state index contributed by atoms with van der Waals surface area (Å²) >= 11 is 0. The van der Waals surface area contributed by atoms with Gasteiger partial charge in [0.2, 0.25) is 0 Å². The van der Waals surface area contributed by atoms with E-state index in [2.05, 4.69) is 0 Å². The SMILES string of the molecule is CS(=O)(=O)O.OCC(F)c1ccccc1. The Morgan fingerprint density at radius 2 is 1.73 bits per heavy atom. The fourth-order valence-electron chi connectivity index (χ4n) is 0.767. The van der Waals surface area contributed by atoms with Gasteiger partial charge in [0.05, 0.1) is 12.9 Å². The molecule has 0 saturated carbocycles. The predicted molar refractivity (Wildman–Crippen MR) is 54.8 cm³/mol. The summed E-state index contributed by atoms with van der Waals surface area (Å²) in [5, 5.41) is 8.41. The Hall–Kier alpha value is -0.980. The molecule has 1 unspecified atom stereocenters. The maximum atomic E-state index is 12.6. The Kier molecular flexibility index (Phi) is 6.07. The molecule has 1 rings (SSSR count). The maximum absolute atomic E-state index is 12.6. The molecule has 0 bridgehead atoms. The summed E-state index contributed by atoms with van der Waals surface area (Å²) in [5.74, 6) is 0. The van der Waals surface area contributed by atoms with Gasteiger partial charge < -0.3 is 5.11 Å². The Labute approximate surface area is 88.1 Å². The zero-order valence-electron chi connectivity index (χ0n) is 8.17. The highest BCUT2D eigenvalue weighted by molar-refractivity contribution is 7.85. The van der Waals surface area contributed by atoms with Crippen molar-refractivity contribution in [3.05, 3.63) is 35.9 Å². The zero-order valence-corrected chi connectivity index (χ0v) is 8.98. The number of halogens is 1. The minimum Gasteiger partial charge on any atom is -0.393 e. The van der Waals surface area contributed by atoms with Crippen LogP contribution in [-0.4, -0.2) is 30.9 Å². The highest BCUT2D eigenvalue weighted by Gasteiger charge is 2.04. The van der Waals surface area contributed by atoms with Crippen LogP contribution in [0.3, 0.4) is 0 Å². The minimum absolute atomic E-state index is 0.440. The van der Waals surface area contributed by atoms with Crippen LogP contribution in [0.15, 0.2) is 30.3 Å². The molecule has 0 aliphatic heterocycles. The van der Waals surface area contributed by atoms with Gasteiger partial charge in [0, 0.05) is 0 Å². The van der Waals surface area contributed by atoms with Crippen molar-refractivity contribution >= 4 is 10.1 Å². The van der Waals surface area contributed by atoms with Crippen LogP contribution in [0.5, 0.6) is 0 Å². The van der Waals surface area contributed by atoms with Crippen molar-refractivity contribution in [1.82, 2.24) is 0 Å². The van der Waals surface area contributed by atoms with Gasteiger partial charge >= 0.3 is 0 Å². The fraction of sp³-hybridized carbons (Fsp3) is 0.333. The Balaban J connectivity index is 0.000000336. The Bertz CT molecular complexity index is 355. The second-order valence-corrected chi connectivity index (χ2v) is 4.26. The van der Waals surface area contributed by atoms with Crippen LogP contribution >= 0.6 is 0 Å². The quantitative estimate of drug-likeness (QED) is 0.756. The van der Waals surface area contributed by atoms with Gasteiger partial charge in [0.25, 0.3) is 10.1 Å². The molecule has 0 aliphatic rings. The largest absolute Gasteiger partial charge is 0.393 e. The van der Waals surface area contributed by atoms with Crippen LogP contribution in [0.2, 0.25) is 0 Å². The van der Waals surface area contributed by atoms with E-state index in [9.17, 15) is 12.8 Å². The van der Waals surface area contributed by atoms with Crippen molar-refractivity contribution in [1.29, 1.82) is 0 Å². The molecule has 0 amide bonds. The first kappa shape index (κ1) is 14.0. The molecule has 0 radical (unpaired) electrons. The van der Waals surface area contributed by atoms with Crippen LogP contribution in [0.25, 0.3) is 0 Å². The maximum Gasteiger partial charge on any atom is 0.261 e. The van der Waals surface area contributed by atoms with Crippen LogP contribution < -0.4 is 0 Å². The lowest BCUT2D eigenvalue weighted by atomic mass is 10.1. The lowest BCUT2D eigenvalue weighted by molar-refractivity contribution is 0.180. The zero-order chi connectivity index (χ0) is 11.9. The van der Waals surface area contributed by atoms with Gasteiger partial charge in [-0.3, -0.25) is 4.55 Å². The van der Waals surface area contributed by atoms with Crippen LogP contribution in [0, 0.1) is 0 Å². The third-order valence-corrected chi connectivity index (χ3v) is 1.32. The third-order valence-electron chi connectivity index (χ3n) is 1.32. The molecule has 15 heavy (non-hydrogen) atoms. The smallest absolute Gasteiger partial charge is 0.261 e. The van der Waals surface area contributed by atoms with E-state index in [-0.39, 0.29) is 0 Å². The van der Waals surface area contributed by atoms with Gasteiger partial charge in [-0.15, -0.1) is 0 Å². The summed E-state index contributed by atoms with van der Waals surface area (Å²) in [6, 6.07) is 8.62. The molecule has 1 aromatic carbocycles. The van der Waals surface area contributed by atoms with E-state index in [0.717, 1.165) is 0 Å². The van der Waals surface area contributed by atoms with Crippen molar-refractivity contribution in [3.8, 4) is 0 Å². The Morgan fingerprint density at radius 1 is 1.33 bits per heavy atom. The number of alkyl halides is 1. The highest BCUT2D eigenvalue weighted by atomic mass is 32.2. The molecule has 86 valence electrons. The van der Waals surface area contributed by atoms with Gasteiger partial charge in [-0.2, -0.15) is 8.42 Å². The molecule has 1 atom stereocenters. The van der Waals surface area contributed by atoms with Crippen molar-refractivity contribution in [3.63, 3.8) is 0 Å². The lowest BCUT2D eigenvalue weighted by Crippen LogP contribution is -1.95. The van der Waals surface area contributed by atoms with Crippen molar-refractivity contribution < 1.29 is 22.5 Å². The first-order chi connectivity index (χ1) is 6.84. The number of hydrogen-bond acceptors (Lipinski definition) is 3. The first-order valence-electron chi connectivity index (χ1n) is 4.07. The number of rotatable bonds is 2. The molecular weight excluding hydrogens is 223 g/mol. The summed E-state index contributed by atoms with van der Waals surface area (Å²) in [4.78, 5) is 0. The molecule has 1 aromatic rings. The summed E-state index contributed by atoms with van der Waals surface area (Å²) in [7, 11) is -3.67. The van der Waals surface area contributed by atoms with Crippen molar-refractivity contribution in [2.45, 2.75) is 6.17 Å².